The number of carbonyl (C=O) groups is 1. The van der Waals surface area contributed by atoms with Gasteiger partial charge in [0.05, 0.1) is 19.1 Å². The van der Waals surface area contributed by atoms with Crippen molar-refractivity contribution in [2.24, 2.45) is 11.8 Å². The van der Waals surface area contributed by atoms with Crippen LogP contribution in [0.4, 0.5) is 0 Å². The first-order valence-corrected chi connectivity index (χ1v) is 6.30. The molecule has 0 aliphatic heterocycles. The zero-order valence-electron chi connectivity index (χ0n) is 11.2. The summed E-state index contributed by atoms with van der Waals surface area (Å²) in [6, 6.07) is 0. The summed E-state index contributed by atoms with van der Waals surface area (Å²) in [4.78, 5) is 11.9. The molecule has 0 heterocycles. The molecule has 3 atom stereocenters. The van der Waals surface area contributed by atoms with Gasteiger partial charge in [0.25, 0.3) is 0 Å². The molecule has 0 radical (unpaired) electrons. The summed E-state index contributed by atoms with van der Waals surface area (Å²) in [7, 11) is 2.96. The van der Waals surface area contributed by atoms with Crippen molar-refractivity contribution in [1.29, 1.82) is 0 Å². The third-order valence-corrected chi connectivity index (χ3v) is 3.80. The van der Waals surface area contributed by atoms with Gasteiger partial charge >= 0.3 is 5.97 Å². The number of esters is 1. The molecule has 1 saturated carbocycles. The highest BCUT2D eigenvalue weighted by Gasteiger charge is 2.50. The Hall–Kier alpha value is -0.610. The van der Waals surface area contributed by atoms with E-state index in [-0.39, 0.29) is 18.0 Å². The maximum Gasteiger partial charge on any atom is 0.311 e. The molecular weight excluding hydrogens is 220 g/mol. The molecule has 1 aliphatic rings. The van der Waals surface area contributed by atoms with Crippen LogP contribution in [0.1, 0.15) is 39.5 Å². The Balaban J connectivity index is 2.99. The number of carbonyl (C=O) groups excluding carboxylic acids is 1. The Bertz CT molecular complexity index is 264. The van der Waals surface area contributed by atoms with Gasteiger partial charge in [-0.15, -0.1) is 0 Å². The number of rotatable bonds is 4. The smallest absolute Gasteiger partial charge is 0.311 e. The van der Waals surface area contributed by atoms with Crippen molar-refractivity contribution in [1.82, 2.24) is 0 Å². The molecule has 0 spiro atoms. The second kappa shape index (κ2) is 5.83. The van der Waals surface area contributed by atoms with Crippen LogP contribution < -0.4 is 0 Å². The Kier molecular flexibility index (Phi) is 4.95. The van der Waals surface area contributed by atoms with Crippen LogP contribution in [0, 0.1) is 11.8 Å². The Morgan fingerprint density at radius 3 is 2.47 bits per heavy atom. The maximum atomic E-state index is 11.9. The van der Waals surface area contributed by atoms with E-state index in [0.717, 1.165) is 19.3 Å². The number of aliphatic hydroxyl groups is 1. The van der Waals surface area contributed by atoms with Crippen LogP contribution in [-0.2, 0) is 14.3 Å². The lowest BCUT2D eigenvalue weighted by molar-refractivity contribution is -0.185. The van der Waals surface area contributed by atoms with Gasteiger partial charge in [-0.1, -0.05) is 26.7 Å². The zero-order valence-corrected chi connectivity index (χ0v) is 11.2. The van der Waals surface area contributed by atoms with Gasteiger partial charge < -0.3 is 14.6 Å². The van der Waals surface area contributed by atoms with E-state index in [0.29, 0.717) is 6.42 Å². The average Bonchev–Trinajstić information content (AvgIpc) is 2.28. The monoisotopic (exact) mass is 244 g/mol. The van der Waals surface area contributed by atoms with E-state index in [1.54, 1.807) is 7.11 Å². The van der Waals surface area contributed by atoms with Crippen molar-refractivity contribution in [3.63, 3.8) is 0 Å². The standard InChI is InChI=1S/C13H24O4/c1-9(2)11(12(14)17-4)13(15)8-6-5-7-10(13)16-3/h9-11,15H,5-8H2,1-4H3. The largest absolute Gasteiger partial charge is 0.469 e. The molecule has 3 unspecified atom stereocenters. The minimum Gasteiger partial charge on any atom is -0.469 e. The van der Waals surface area contributed by atoms with E-state index >= 15 is 0 Å². The molecule has 17 heavy (non-hydrogen) atoms. The average molecular weight is 244 g/mol. The third-order valence-electron chi connectivity index (χ3n) is 3.80. The Morgan fingerprint density at radius 1 is 1.35 bits per heavy atom. The molecule has 0 saturated heterocycles. The van der Waals surface area contributed by atoms with E-state index in [9.17, 15) is 9.90 Å². The first-order chi connectivity index (χ1) is 7.97. The topological polar surface area (TPSA) is 55.8 Å². The predicted molar refractivity (Wildman–Crippen MR) is 64.6 cm³/mol. The lowest BCUT2D eigenvalue weighted by Gasteiger charge is -2.44. The molecule has 1 N–H and O–H groups in total. The van der Waals surface area contributed by atoms with Crippen molar-refractivity contribution in [3.8, 4) is 0 Å². The molecule has 0 bridgehead atoms. The fourth-order valence-electron chi connectivity index (χ4n) is 3.01. The van der Waals surface area contributed by atoms with Gasteiger partial charge in [-0.3, -0.25) is 4.79 Å². The molecule has 1 fully saturated rings. The number of hydrogen-bond donors (Lipinski definition) is 1. The van der Waals surface area contributed by atoms with E-state index in [4.69, 9.17) is 9.47 Å². The molecule has 0 aromatic rings. The highest BCUT2D eigenvalue weighted by molar-refractivity contribution is 5.74. The summed E-state index contributed by atoms with van der Waals surface area (Å²) in [5, 5.41) is 10.8. The second-order valence-electron chi connectivity index (χ2n) is 5.21. The minimum absolute atomic E-state index is 0.0307. The molecule has 0 aromatic carbocycles. The van der Waals surface area contributed by atoms with Crippen molar-refractivity contribution < 1.29 is 19.4 Å². The molecule has 0 aromatic heterocycles. The fourth-order valence-corrected chi connectivity index (χ4v) is 3.01. The first kappa shape index (κ1) is 14.5. The fraction of sp³-hybridized carbons (Fsp3) is 0.923. The highest BCUT2D eigenvalue weighted by Crippen LogP contribution is 2.40. The lowest BCUT2D eigenvalue weighted by Crippen LogP contribution is -2.56. The van der Waals surface area contributed by atoms with Crippen LogP contribution in [0.2, 0.25) is 0 Å². The van der Waals surface area contributed by atoms with Gasteiger partial charge in [0.1, 0.15) is 5.60 Å². The number of hydrogen-bond acceptors (Lipinski definition) is 4. The maximum absolute atomic E-state index is 11.9. The minimum atomic E-state index is -1.09. The van der Waals surface area contributed by atoms with E-state index in [1.807, 2.05) is 13.8 Å². The van der Waals surface area contributed by atoms with Crippen LogP contribution in [0.3, 0.4) is 0 Å². The Morgan fingerprint density at radius 2 is 2.00 bits per heavy atom. The molecule has 1 aliphatic carbocycles. The van der Waals surface area contributed by atoms with Crippen molar-refractivity contribution >= 4 is 5.97 Å². The van der Waals surface area contributed by atoms with Gasteiger partial charge in [-0.2, -0.15) is 0 Å². The molecule has 4 heteroatoms. The van der Waals surface area contributed by atoms with Crippen LogP contribution in [0.25, 0.3) is 0 Å². The van der Waals surface area contributed by atoms with Gasteiger partial charge in [0.2, 0.25) is 0 Å². The highest BCUT2D eigenvalue weighted by atomic mass is 16.5. The zero-order chi connectivity index (χ0) is 13.1. The van der Waals surface area contributed by atoms with Gasteiger partial charge in [0, 0.05) is 7.11 Å². The normalized spacial score (nSPS) is 31.3. The van der Waals surface area contributed by atoms with Crippen molar-refractivity contribution in [3.05, 3.63) is 0 Å². The summed E-state index contributed by atoms with van der Waals surface area (Å²) >= 11 is 0. The summed E-state index contributed by atoms with van der Waals surface area (Å²) < 4.78 is 10.2. The second-order valence-corrected chi connectivity index (χ2v) is 5.21. The van der Waals surface area contributed by atoms with Crippen LogP contribution in [0.15, 0.2) is 0 Å². The van der Waals surface area contributed by atoms with Crippen molar-refractivity contribution in [2.75, 3.05) is 14.2 Å². The number of ether oxygens (including phenoxy) is 2. The first-order valence-electron chi connectivity index (χ1n) is 6.30. The van der Waals surface area contributed by atoms with Crippen LogP contribution in [0.5, 0.6) is 0 Å². The quantitative estimate of drug-likeness (QED) is 0.765. The summed E-state index contributed by atoms with van der Waals surface area (Å²) in [6.45, 7) is 3.86. The van der Waals surface area contributed by atoms with Crippen molar-refractivity contribution in [2.45, 2.75) is 51.2 Å². The van der Waals surface area contributed by atoms with Gasteiger partial charge in [0.15, 0.2) is 0 Å². The lowest BCUT2D eigenvalue weighted by atomic mass is 9.69. The summed E-state index contributed by atoms with van der Waals surface area (Å²) in [6.07, 6.45) is 3.09. The van der Waals surface area contributed by atoms with Crippen LogP contribution >= 0.6 is 0 Å². The summed E-state index contributed by atoms with van der Waals surface area (Å²) in [5.74, 6) is -0.826. The molecule has 100 valence electrons. The van der Waals surface area contributed by atoms with E-state index in [1.165, 1.54) is 7.11 Å². The van der Waals surface area contributed by atoms with Gasteiger partial charge in [-0.25, -0.2) is 0 Å². The summed E-state index contributed by atoms with van der Waals surface area (Å²) in [5.41, 5.74) is -1.09. The van der Waals surface area contributed by atoms with Crippen LogP contribution in [-0.4, -0.2) is 37.0 Å². The predicted octanol–water partition coefficient (Wildman–Crippen LogP) is 1.75. The number of methoxy groups -OCH3 is 2. The van der Waals surface area contributed by atoms with Gasteiger partial charge in [-0.05, 0) is 18.8 Å². The third kappa shape index (κ3) is 2.80. The molecule has 4 nitrogen and oxygen atoms in total. The molecular formula is C13H24O4. The van der Waals surface area contributed by atoms with E-state index in [2.05, 4.69) is 0 Å². The molecule has 1 rings (SSSR count). The Labute approximate surface area is 103 Å². The SMILES string of the molecule is COC(=O)C(C(C)C)C1(O)CCCCC1OC. The van der Waals surface area contributed by atoms with E-state index < -0.39 is 11.5 Å². The molecule has 0 amide bonds.